The summed E-state index contributed by atoms with van der Waals surface area (Å²) in [5, 5.41) is 14.9. The van der Waals surface area contributed by atoms with Crippen molar-refractivity contribution in [3.63, 3.8) is 0 Å². The third kappa shape index (κ3) is 4.35. The smallest absolute Gasteiger partial charge is 0.326 e. The SMILES string of the molecule is O=CNC(CCSCc1noc(-c2ccco2)n1)C(=O)O. The molecule has 0 fully saturated rings. The molecular weight excluding hydrogens is 298 g/mol. The summed E-state index contributed by atoms with van der Waals surface area (Å²) in [5.74, 6) is 1.28. The number of rotatable bonds is 9. The Balaban J connectivity index is 1.76. The number of hydrogen-bond donors (Lipinski definition) is 2. The molecule has 1 atom stereocenters. The van der Waals surface area contributed by atoms with Crippen LogP contribution in [0.2, 0.25) is 0 Å². The summed E-state index contributed by atoms with van der Waals surface area (Å²) in [6, 6.07) is 2.56. The molecule has 2 N–H and O–H groups in total. The van der Waals surface area contributed by atoms with E-state index in [-0.39, 0.29) is 0 Å². The van der Waals surface area contributed by atoms with Gasteiger partial charge in [-0.05, 0) is 24.3 Å². The topological polar surface area (TPSA) is 118 Å². The molecule has 8 nitrogen and oxygen atoms in total. The molecule has 0 bridgehead atoms. The Bertz CT molecular complexity index is 583. The first-order chi connectivity index (χ1) is 10.2. The minimum Gasteiger partial charge on any atom is -0.480 e. The highest BCUT2D eigenvalue weighted by atomic mass is 32.2. The first kappa shape index (κ1) is 15.1. The van der Waals surface area contributed by atoms with Crippen molar-refractivity contribution in [2.45, 2.75) is 18.2 Å². The molecule has 0 radical (unpaired) electrons. The number of nitrogens with one attached hydrogen (secondary N) is 1. The third-order valence-electron chi connectivity index (χ3n) is 2.55. The van der Waals surface area contributed by atoms with E-state index in [4.69, 9.17) is 14.0 Å². The lowest BCUT2D eigenvalue weighted by atomic mass is 10.2. The highest BCUT2D eigenvalue weighted by Crippen LogP contribution is 2.19. The van der Waals surface area contributed by atoms with E-state index < -0.39 is 12.0 Å². The van der Waals surface area contributed by atoms with E-state index in [2.05, 4.69) is 15.5 Å². The third-order valence-corrected chi connectivity index (χ3v) is 3.54. The molecule has 2 rings (SSSR count). The van der Waals surface area contributed by atoms with Gasteiger partial charge in [0, 0.05) is 0 Å². The van der Waals surface area contributed by atoms with Gasteiger partial charge in [-0.15, -0.1) is 0 Å². The van der Waals surface area contributed by atoms with Crippen LogP contribution in [-0.4, -0.2) is 39.4 Å². The van der Waals surface area contributed by atoms with Crippen LogP contribution in [0, 0.1) is 0 Å². The molecule has 0 spiro atoms. The molecular formula is C12H13N3O5S. The Morgan fingerprint density at radius 3 is 3.10 bits per heavy atom. The molecule has 0 aliphatic rings. The van der Waals surface area contributed by atoms with Gasteiger partial charge in [-0.25, -0.2) is 4.79 Å². The van der Waals surface area contributed by atoms with Gasteiger partial charge in [0.1, 0.15) is 6.04 Å². The first-order valence-corrected chi connectivity index (χ1v) is 7.23. The number of carbonyl (C=O) groups excluding carboxylic acids is 1. The fraction of sp³-hybridized carbons (Fsp3) is 0.333. The Morgan fingerprint density at radius 1 is 1.57 bits per heavy atom. The van der Waals surface area contributed by atoms with Crippen molar-refractivity contribution < 1.29 is 23.6 Å². The highest BCUT2D eigenvalue weighted by Gasteiger charge is 2.16. The quantitative estimate of drug-likeness (QED) is 0.523. The maximum atomic E-state index is 10.8. The Kier molecular flexibility index (Phi) is 5.38. The van der Waals surface area contributed by atoms with Crippen molar-refractivity contribution in [3.05, 3.63) is 24.2 Å². The normalized spacial score (nSPS) is 12.0. The van der Waals surface area contributed by atoms with Gasteiger partial charge in [-0.3, -0.25) is 4.79 Å². The number of carboxylic acid groups (broad SMARTS) is 1. The number of nitrogens with zero attached hydrogens (tertiary/aromatic N) is 2. The summed E-state index contributed by atoms with van der Waals surface area (Å²) in [4.78, 5) is 25.2. The van der Waals surface area contributed by atoms with Crippen LogP contribution < -0.4 is 5.32 Å². The second-order valence-electron chi connectivity index (χ2n) is 4.01. The van der Waals surface area contributed by atoms with Gasteiger partial charge in [0.15, 0.2) is 11.6 Å². The van der Waals surface area contributed by atoms with Crippen LogP contribution in [0.15, 0.2) is 27.3 Å². The van der Waals surface area contributed by atoms with Crippen LogP contribution >= 0.6 is 11.8 Å². The van der Waals surface area contributed by atoms with Gasteiger partial charge in [-0.1, -0.05) is 5.16 Å². The average Bonchev–Trinajstić information content (AvgIpc) is 3.12. The molecule has 0 saturated heterocycles. The molecule has 9 heteroatoms. The monoisotopic (exact) mass is 311 g/mol. The van der Waals surface area contributed by atoms with Crippen LogP contribution in [0.1, 0.15) is 12.2 Å². The maximum absolute atomic E-state index is 10.8. The van der Waals surface area contributed by atoms with E-state index in [1.54, 1.807) is 12.1 Å². The van der Waals surface area contributed by atoms with Gasteiger partial charge in [0.05, 0.1) is 12.0 Å². The van der Waals surface area contributed by atoms with Crippen LogP contribution in [-0.2, 0) is 15.3 Å². The summed E-state index contributed by atoms with van der Waals surface area (Å²) >= 11 is 1.45. The number of carboxylic acids is 1. The Labute approximate surface area is 123 Å². The minimum atomic E-state index is -1.05. The van der Waals surface area contributed by atoms with Crippen molar-refractivity contribution in [3.8, 4) is 11.7 Å². The first-order valence-electron chi connectivity index (χ1n) is 6.07. The lowest BCUT2D eigenvalue weighted by molar-refractivity contribution is -0.140. The molecule has 1 unspecified atom stereocenters. The van der Waals surface area contributed by atoms with E-state index >= 15 is 0 Å². The van der Waals surface area contributed by atoms with Crippen molar-refractivity contribution in [1.29, 1.82) is 0 Å². The molecule has 21 heavy (non-hydrogen) atoms. The van der Waals surface area contributed by atoms with Gasteiger partial charge < -0.3 is 19.4 Å². The second kappa shape index (κ2) is 7.48. The van der Waals surface area contributed by atoms with Crippen LogP contribution in [0.4, 0.5) is 0 Å². The van der Waals surface area contributed by atoms with E-state index in [1.807, 2.05) is 0 Å². The summed E-state index contributed by atoms with van der Waals surface area (Å²) in [5.41, 5.74) is 0. The zero-order chi connectivity index (χ0) is 15.1. The number of carbonyl (C=O) groups is 2. The van der Waals surface area contributed by atoms with Crippen molar-refractivity contribution in [2.24, 2.45) is 0 Å². The average molecular weight is 311 g/mol. The Hall–Kier alpha value is -2.29. The molecule has 2 aromatic heterocycles. The van der Waals surface area contributed by atoms with Crippen molar-refractivity contribution >= 4 is 24.1 Å². The van der Waals surface area contributed by atoms with Crippen molar-refractivity contribution in [2.75, 3.05) is 5.75 Å². The lowest BCUT2D eigenvalue weighted by Crippen LogP contribution is -2.36. The lowest BCUT2D eigenvalue weighted by Gasteiger charge is -2.09. The molecule has 2 heterocycles. The zero-order valence-corrected chi connectivity index (χ0v) is 11.7. The molecule has 0 aromatic carbocycles. The van der Waals surface area contributed by atoms with E-state index in [9.17, 15) is 9.59 Å². The molecule has 0 aliphatic heterocycles. The largest absolute Gasteiger partial charge is 0.480 e. The number of thioether (sulfide) groups is 1. The summed E-state index contributed by atoms with van der Waals surface area (Å²) in [6.07, 6.45) is 2.22. The van der Waals surface area contributed by atoms with Crippen LogP contribution in [0.5, 0.6) is 0 Å². The molecule has 2 aromatic rings. The van der Waals surface area contributed by atoms with Gasteiger partial charge in [-0.2, -0.15) is 16.7 Å². The van der Waals surface area contributed by atoms with Gasteiger partial charge in [0.25, 0.3) is 5.89 Å². The number of amides is 1. The minimum absolute atomic E-state index is 0.307. The summed E-state index contributed by atoms with van der Waals surface area (Å²) in [7, 11) is 0. The highest BCUT2D eigenvalue weighted by molar-refractivity contribution is 7.98. The number of hydrogen-bond acceptors (Lipinski definition) is 7. The van der Waals surface area contributed by atoms with E-state index in [0.29, 0.717) is 41.8 Å². The van der Waals surface area contributed by atoms with Crippen LogP contribution in [0.25, 0.3) is 11.7 Å². The second-order valence-corrected chi connectivity index (χ2v) is 5.11. The summed E-state index contributed by atoms with van der Waals surface area (Å²) < 4.78 is 10.2. The Morgan fingerprint density at radius 2 is 2.43 bits per heavy atom. The summed E-state index contributed by atoms with van der Waals surface area (Å²) in [6.45, 7) is 0. The molecule has 112 valence electrons. The van der Waals surface area contributed by atoms with E-state index in [1.165, 1.54) is 18.0 Å². The molecule has 1 amide bonds. The van der Waals surface area contributed by atoms with Crippen molar-refractivity contribution in [1.82, 2.24) is 15.5 Å². The fourth-order valence-corrected chi connectivity index (χ4v) is 2.38. The number of aliphatic carboxylic acids is 1. The van der Waals surface area contributed by atoms with Gasteiger partial charge in [0.2, 0.25) is 6.41 Å². The zero-order valence-electron chi connectivity index (χ0n) is 10.9. The fourth-order valence-electron chi connectivity index (χ4n) is 1.54. The predicted molar refractivity (Wildman–Crippen MR) is 73.4 cm³/mol. The van der Waals surface area contributed by atoms with Gasteiger partial charge >= 0.3 is 5.97 Å². The maximum Gasteiger partial charge on any atom is 0.326 e. The molecule has 0 saturated carbocycles. The predicted octanol–water partition coefficient (Wildman–Crippen LogP) is 1.15. The molecule has 0 aliphatic carbocycles. The van der Waals surface area contributed by atoms with Crippen LogP contribution in [0.3, 0.4) is 0 Å². The van der Waals surface area contributed by atoms with E-state index in [0.717, 1.165) is 0 Å². The standard InChI is InChI=1S/C12H13N3O5S/c16-7-13-8(12(17)18)3-5-21-6-10-14-11(20-15-10)9-2-1-4-19-9/h1-2,4,7-8H,3,5-6H2,(H,13,16)(H,17,18). The number of furan rings is 1. The number of aromatic nitrogens is 2.